The third-order valence-electron chi connectivity index (χ3n) is 2.63. The number of likely N-dealkylation sites (N-methyl/N-ethyl adjacent to an activating group) is 1. The van der Waals surface area contributed by atoms with Crippen LogP contribution in [0.1, 0.15) is 47.0 Å². The van der Waals surface area contributed by atoms with Crippen LogP contribution in [-0.2, 0) is 4.79 Å². The summed E-state index contributed by atoms with van der Waals surface area (Å²) in [7, 11) is 0. The molecule has 0 fully saturated rings. The van der Waals surface area contributed by atoms with E-state index in [4.69, 9.17) is 0 Å². The van der Waals surface area contributed by atoms with E-state index in [0.717, 1.165) is 5.75 Å². The quantitative estimate of drug-likeness (QED) is 0.615. The summed E-state index contributed by atoms with van der Waals surface area (Å²) in [6, 6.07) is 0. The first kappa shape index (κ1) is 15.8. The van der Waals surface area contributed by atoms with Crippen molar-refractivity contribution in [2.75, 3.05) is 12.3 Å². The van der Waals surface area contributed by atoms with Crippen LogP contribution < -0.4 is 5.32 Å². The zero-order chi connectivity index (χ0) is 12.6. The number of carboxylic acid groups (broad SMARTS) is 1. The Morgan fingerprint density at radius 2 is 2.12 bits per heavy atom. The summed E-state index contributed by atoms with van der Waals surface area (Å²) in [5.74, 6) is 0.372. The zero-order valence-corrected chi connectivity index (χ0v) is 11.7. The monoisotopic (exact) mass is 247 g/mol. The molecule has 0 aromatic heterocycles. The Bertz CT molecular complexity index is 211. The first-order valence-electron chi connectivity index (χ1n) is 6.06. The number of carbonyl (C=O) groups is 1. The van der Waals surface area contributed by atoms with E-state index in [1.165, 1.54) is 12.8 Å². The van der Waals surface area contributed by atoms with E-state index in [-0.39, 0.29) is 0 Å². The highest BCUT2D eigenvalue weighted by atomic mass is 32.2. The molecule has 0 aliphatic heterocycles. The van der Waals surface area contributed by atoms with E-state index >= 15 is 0 Å². The molecule has 0 saturated heterocycles. The first-order valence-corrected chi connectivity index (χ1v) is 7.11. The minimum Gasteiger partial charge on any atom is -0.480 e. The van der Waals surface area contributed by atoms with E-state index in [0.29, 0.717) is 18.2 Å². The van der Waals surface area contributed by atoms with Gasteiger partial charge in [0.05, 0.1) is 0 Å². The molecular weight excluding hydrogens is 222 g/mol. The van der Waals surface area contributed by atoms with Crippen molar-refractivity contribution in [3.63, 3.8) is 0 Å². The van der Waals surface area contributed by atoms with Gasteiger partial charge in [-0.05, 0) is 32.1 Å². The third kappa shape index (κ3) is 5.75. The maximum Gasteiger partial charge on any atom is 0.323 e. The average molecular weight is 247 g/mol. The fraction of sp³-hybridized carbons (Fsp3) is 0.917. The molecule has 2 atom stereocenters. The van der Waals surface area contributed by atoms with Crippen molar-refractivity contribution in [2.45, 2.75) is 57.7 Å². The molecule has 0 saturated carbocycles. The molecule has 3 nitrogen and oxygen atoms in total. The van der Waals surface area contributed by atoms with Crippen LogP contribution in [-0.4, -0.2) is 34.2 Å². The summed E-state index contributed by atoms with van der Waals surface area (Å²) in [6.07, 6.45) is 3.08. The van der Waals surface area contributed by atoms with Gasteiger partial charge in [0.2, 0.25) is 0 Å². The van der Waals surface area contributed by atoms with Gasteiger partial charge in [-0.25, -0.2) is 0 Å². The molecule has 96 valence electrons. The number of nitrogens with one attached hydrogen (secondary N) is 1. The van der Waals surface area contributed by atoms with Crippen LogP contribution in [0.15, 0.2) is 0 Å². The molecule has 0 spiro atoms. The maximum atomic E-state index is 11.2. The Labute approximate surface area is 103 Å². The standard InChI is InChI=1S/C12H25NO2S/c1-5-7-8-16-10(3)9-12(4,11(14)15)13-6-2/h10,13H,5-9H2,1-4H3,(H,14,15). The van der Waals surface area contributed by atoms with E-state index < -0.39 is 11.5 Å². The Balaban J connectivity index is 4.13. The van der Waals surface area contributed by atoms with Gasteiger partial charge in [-0.3, -0.25) is 4.79 Å². The molecule has 2 N–H and O–H groups in total. The molecule has 4 heteroatoms. The Hall–Kier alpha value is -0.220. The van der Waals surface area contributed by atoms with Crippen LogP contribution in [0.25, 0.3) is 0 Å². The normalized spacial score (nSPS) is 16.8. The average Bonchev–Trinajstić information content (AvgIpc) is 2.18. The van der Waals surface area contributed by atoms with Crippen molar-refractivity contribution in [3.05, 3.63) is 0 Å². The molecule has 0 amide bonds. The van der Waals surface area contributed by atoms with Crippen LogP contribution in [0, 0.1) is 0 Å². The van der Waals surface area contributed by atoms with Crippen LogP contribution >= 0.6 is 11.8 Å². The summed E-state index contributed by atoms with van der Waals surface area (Å²) in [4.78, 5) is 11.2. The van der Waals surface area contributed by atoms with Gasteiger partial charge in [-0.2, -0.15) is 11.8 Å². The second kappa shape index (κ2) is 7.96. The lowest BCUT2D eigenvalue weighted by Gasteiger charge is -2.28. The predicted molar refractivity (Wildman–Crippen MR) is 71.2 cm³/mol. The minimum atomic E-state index is -0.784. The predicted octanol–water partition coefficient (Wildman–Crippen LogP) is 2.75. The molecule has 0 aromatic carbocycles. The van der Waals surface area contributed by atoms with Gasteiger partial charge >= 0.3 is 5.97 Å². The van der Waals surface area contributed by atoms with Crippen molar-refractivity contribution in [2.24, 2.45) is 0 Å². The maximum absolute atomic E-state index is 11.2. The highest BCUT2D eigenvalue weighted by molar-refractivity contribution is 7.99. The lowest BCUT2D eigenvalue weighted by Crippen LogP contribution is -2.50. The molecule has 16 heavy (non-hydrogen) atoms. The number of aliphatic carboxylic acids is 1. The van der Waals surface area contributed by atoms with E-state index in [1.54, 1.807) is 6.92 Å². The summed E-state index contributed by atoms with van der Waals surface area (Å²) in [5.41, 5.74) is -0.784. The summed E-state index contributed by atoms with van der Waals surface area (Å²) < 4.78 is 0. The molecular formula is C12H25NO2S. The Morgan fingerprint density at radius 3 is 2.56 bits per heavy atom. The smallest absolute Gasteiger partial charge is 0.323 e. The summed E-state index contributed by atoms with van der Waals surface area (Å²) in [6.45, 7) is 8.69. The van der Waals surface area contributed by atoms with Crippen molar-refractivity contribution in [3.8, 4) is 0 Å². The second-order valence-electron chi connectivity index (χ2n) is 4.41. The topological polar surface area (TPSA) is 49.3 Å². The highest BCUT2D eigenvalue weighted by Gasteiger charge is 2.33. The van der Waals surface area contributed by atoms with Gasteiger partial charge in [-0.1, -0.05) is 27.2 Å². The van der Waals surface area contributed by atoms with Gasteiger partial charge in [0.25, 0.3) is 0 Å². The summed E-state index contributed by atoms with van der Waals surface area (Å²) >= 11 is 1.87. The third-order valence-corrected chi connectivity index (χ3v) is 3.90. The van der Waals surface area contributed by atoms with Crippen molar-refractivity contribution < 1.29 is 9.90 Å². The van der Waals surface area contributed by atoms with E-state index in [9.17, 15) is 9.90 Å². The lowest BCUT2D eigenvalue weighted by molar-refractivity contribution is -0.144. The molecule has 0 aliphatic rings. The molecule has 2 unspecified atom stereocenters. The Kier molecular flexibility index (Phi) is 7.85. The highest BCUT2D eigenvalue weighted by Crippen LogP contribution is 2.23. The zero-order valence-electron chi connectivity index (χ0n) is 10.9. The number of thioether (sulfide) groups is 1. The number of hydrogen-bond donors (Lipinski definition) is 2. The Morgan fingerprint density at radius 1 is 1.50 bits per heavy atom. The van der Waals surface area contributed by atoms with Gasteiger partial charge in [0.1, 0.15) is 5.54 Å². The van der Waals surface area contributed by atoms with Gasteiger partial charge in [0.15, 0.2) is 0 Å². The molecule has 0 bridgehead atoms. The van der Waals surface area contributed by atoms with Crippen LogP contribution in [0.4, 0.5) is 0 Å². The van der Waals surface area contributed by atoms with E-state index in [2.05, 4.69) is 19.2 Å². The molecule has 0 heterocycles. The molecule has 0 aromatic rings. The first-order chi connectivity index (χ1) is 7.46. The van der Waals surface area contributed by atoms with E-state index in [1.807, 2.05) is 18.7 Å². The number of unbranched alkanes of at least 4 members (excludes halogenated alkanes) is 1. The molecule has 0 radical (unpaired) electrons. The fourth-order valence-corrected chi connectivity index (χ4v) is 3.00. The lowest BCUT2D eigenvalue weighted by atomic mass is 9.96. The summed E-state index contributed by atoms with van der Waals surface area (Å²) in [5, 5.41) is 12.7. The van der Waals surface area contributed by atoms with Crippen LogP contribution in [0.5, 0.6) is 0 Å². The molecule has 0 aliphatic carbocycles. The van der Waals surface area contributed by atoms with Gasteiger partial charge < -0.3 is 10.4 Å². The van der Waals surface area contributed by atoms with Crippen LogP contribution in [0.3, 0.4) is 0 Å². The number of rotatable bonds is 9. The minimum absolute atomic E-state index is 0.381. The molecule has 0 rings (SSSR count). The SMILES string of the molecule is CCCCSC(C)CC(C)(NCC)C(=O)O. The van der Waals surface area contributed by atoms with Gasteiger partial charge in [0, 0.05) is 5.25 Å². The second-order valence-corrected chi connectivity index (χ2v) is 5.95. The largest absolute Gasteiger partial charge is 0.480 e. The van der Waals surface area contributed by atoms with Crippen molar-refractivity contribution >= 4 is 17.7 Å². The fourth-order valence-electron chi connectivity index (χ4n) is 1.69. The van der Waals surface area contributed by atoms with Crippen LogP contribution in [0.2, 0.25) is 0 Å². The number of hydrogen-bond acceptors (Lipinski definition) is 3. The number of carboxylic acids is 1. The van der Waals surface area contributed by atoms with Gasteiger partial charge in [-0.15, -0.1) is 0 Å². The van der Waals surface area contributed by atoms with Crippen molar-refractivity contribution in [1.29, 1.82) is 0 Å². The van der Waals surface area contributed by atoms with Crippen molar-refractivity contribution in [1.82, 2.24) is 5.32 Å².